The molecular formula is C16H26N2O2. The quantitative estimate of drug-likeness (QED) is 0.782. The minimum atomic E-state index is 0.180. The summed E-state index contributed by atoms with van der Waals surface area (Å²) in [6.07, 6.45) is 1.12. The third-order valence-electron chi connectivity index (χ3n) is 3.85. The van der Waals surface area contributed by atoms with Gasteiger partial charge in [-0.1, -0.05) is 17.7 Å². The van der Waals surface area contributed by atoms with Gasteiger partial charge in [-0.15, -0.1) is 0 Å². The van der Waals surface area contributed by atoms with Gasteiger partial charge in [-0.2, -0.15) is 0 Å². The average molecular weight is 278 g/mol. The molecule has 0 amide bonds. The van der Waals surface area contributed by atoms with Crippen molar-refractivity contribution in [2.45, 2.75) is 26.3 Å². The predicted octanol–water partition coefficient (Wildman–Crippen LogP) is 2.07. The number of aryl methyl sites for hydroxylation is 1. The van der Waals surface area contributed by atoms with Crippen molar-refractivity contribution in [3.63, 3.8) is 0 Å². The number of rotatable bonds is 6. The van der Waals surface area contributed by atoms with Gasteiger partial charge in [0.15, 0.2) is 0 Å². The molecule has 0 saturated carbocycles. The van der Waals surface area contributed by atoms with Crippen LogP contribution in [0.4, 0.5) is 0 Å². The summed E-state index contributed by atoms with van der Waals surface area (Å²) in [5, 5.41) is 13.4. The zero-order valence-corrected chi connectivity index (χ0v) is 12.6. The first kappa shape index (κ1) is 15.3. The fraction of sp³-hybridized carbons (Fsp3) is 0.625. The maximum absolute atomic E-state index is 9.90. The molecule has 0 radical (unpaired) electrons. The standard InChI is InChI=1S/C16H26N2O2/c1-13-4-5-16(19)15(12-13)14(2)17-6-3-7-18-8-10-20-11-9-18/h4-5,12,14,17,19H,3,6-11H2,1-2H3. The number of phenols is 1. The Bertz CT molecular complexity index is 417. The lowest BCUT2D eigenvalue weighted by atomic mass is 10.0. The van der Waals surface area contributed by atoms with Gasteiger partial charge >= 0.3 is 0 Å². The molecule has 4 heteroatoms. The SMILES string of the molecule is Cc1ccc(O)c(C(C)NCCCN2CCOCC2)c1. The van der Waals surface area contributed by atoms with Gasteiger partial charge in [-0.05, 0) is 39.4 Å². The maximum Gasteiger partial charge on any atom is 0.120 e. The third kappa shape index (κ3) is 4.47. The Hall–Kier alpha value is -1.10. The van der Waals surface area contributed by atoms with E-state index in [9.17, 15) is 5.11 Å². The van der Waals surface area contributed by atoms with Gasteiger partial charge < -0.3 is 15.2 Å². The van der Waals surface area contributed by atoms with Gasteiger partial charge in [-0.25, -0.2) is 0 Å². The van der Waals surface area contributed by atoms with Gasteiger partial charge in [0.2, 0.25) is 0 Å². The number of aromatic hydroxyl groups is 1. The number of hydrogen-bond donors (Lipinski definition) is 2. The van der Waals surface area contributed by atoms with Crippen LogP contribution in [0.3, 0.4) is 0 Å². The maximum atomic E-state index is 9.90. The summed E-state index contributed by atoms with van der Waals surface area (Å²) in [6.45, 7) is 10.1. The van der Waals surface area contributed by atoms with Crippen molar-refractivity contribution in [2.75, 3.05) is 39.4 Å². The summed E-state index contributed by atoms with van der Waals surface area (Å²) < 4.78 is 5.34. The summed E-state index contributed by atoms with van der Waals surface area (Å²) in [7, 11) is 0. The van der Waals surface area contributed by atoms with E-state index in [1.165, 1.54) is 5.56 Å². The monoisotopic (exact) mass is 278 g/mol. The Balaban J connectivity index is 1.71. The fourth-order valence-electron chi connectivity index (χ4n) is 2.58. The van der Waals surface area contributed by atoms with E-state index in [0.29, 0.717) is 5.75 Å². The van der Waals surface area contributed by atoms with Gasteiger partial charge in [0.1, 0.15) is 5.75 Å². The Morgan fingerprint density at radius 2 is 2.10 bits per heavy atom. The molecule has 112 valence electrons. The highest BCUT2D eigenvalue weighted by Gasteiger charge is 2.11. The van der Waals surface area contributed by atoms with Crippen LogP contribution in [0.25, 0.3) is 0 Å². The number of nitrogens with zero attached hydrogens (tertiary/aromatic N) is 1. The zero-order valence-electron chi connectivity index (χ0n) is 12.6. The molecule has 0 bridgehead atoms. The molecule has 1 aromatic rings. The van der Waals surface area contributed by atoms with Crippen LogP contribution in [0.1, 0.15) is 30.5 Å². The Morgan fingerprint density at radius 1 is 1.35 bits per heavy atom. The van der Waals surface area contributed by atoms with E-state index in [2.05, 4.69) is 23.2 Å². The molecule has 1 atom stereocenters. The highest BCUT2D eigenvalue weighted by molar-refractivity contribution is 5.37. The number of morpholine rings is 1. The van der Waals surface area contributed by atoms with Gasteiger partial charge in [0.25, 0.3) is 0 Å². The first-order valence-electron chi connectivity index (χ1n) is 7.50. The normalized spacial score (nSPS) is 18.1. The number of ether oxygens (including phenoxy) is 1. The smallest absolute Gasteiger partial charge is 0.120 e. The minimum absolute atomic E-state index is 0.180. The molecule has 1 aliphatic rings. The van der Waals surface area contributed by atoms with Crippen molar-refractivity contribution in [2.24, 2.45) is 0 Å². The fourth-order valence-corrected chi connectivity index (χ4v) is 2.58. The van der Waals surface area contributed by atoms with E-state index in [1.807, 2.05) is 13.0 Å². The molecule has 1 aliphatic heterocycles. The van der Waals surface area contributed by atoms with Crippen LogP contribution in [0.2, 0.25) is 0 Å². The van der Waals surface area contributed by atoms with Crippen LogP contribution in [-0.2, 0) is 4.74 Å². The summed E-state index contributed by atoms with van der Waals surface area (Å²) in [4.78, 5) is 2.44. The summed E-state index contributed by atoms with van der Waals surface area (Å²) >= 11 is 0. The lowest BCUT2D eigenvalue weighted by Gasteiger charge is -2.26. The topological polar surface area (TPSA) is 44.7 Å². The first-order chi connectivity index (χ1) is 9.66. The lowest BCUT2D eigenvalue weighted by Crippen LogP contribution is -2.37. The molecule has 1 fully saturated rings. The molecule has 1 heterocycles. The summed E-state index contributed by atoms with van der Waals surface area (Å²) in [6, 6.07) is 5.94. The summed E-state index contributed by atoms with van der Waals surface area (Å²) in [5.74, 6) is 0.378. The molecule has 0 spiro atoms. The second-order valence-electron chi connectivity index (χ2n) is 5.55. The highest BCUT2D eigenvalue weighted by Crippen LogP contribution is 2.24. The Morgan fingerprint density at radius 3 is 2.85 bits per heavy atom. The van der Waals surface area contributed by atoms with Crippen LogP contribution in [0.15, 0.2) is 18.2 Å². The van der Waals surface area contributed by atoms with Crippen LogP contribution in [0.5, 0.6) is 5.75 Å². The van der Waals surface area contributed by atoms with Gasteiger partial charge in [-0.3, -0.25) is 4.90 Å². The molecular weight excluding hydrogens is 252 g/mol. The number of nitrogens with one attached hydrogen (secondary N) is 1. The van der Waals surface area contributed by atoms with Crippen molar-refractivity contribution in [3.05, 3.63) is 29.3 Å². The molecule has 1 aromatic carbocycles. The second-order valence-corrected chi connectivity index (χ2v) is 5.55. The minimum Gasteiger partial charge on any atom is -0.508 e. The van der Waals surface area contributed by atoms with E-state index in [0.717, 1.165) is 51.4 Å². The van der Waals surface area contributed by atoms with Crippen LogP contribution >= 0.6 is 0 Å². The van der Waals surface area contributed by atoms with E-state index < -0.39 is 0 Å². The first-order valence-corrected chi connectivity index (χ1v) is 7.50. The zero-order chi connectivity index (χ0) is 14.4. The molecule has 2 N–H and O–H groups in total. The number of phenolic OH excluding ortho intramolecular Hbond substituents is 1. The van der Waals surface area contributed by atoms with Crippen molar-refractivity contribution in [1.82, 2.24) is 10.2 Å². The molecule has 1 saturated heterocycles. The molecule has 2 rings (SSSR count). The number of hydrogen-bond acceptors (Lipinski definition) is 4. The molecule has 4 nitrogen and oxygen atoms in total. The molecule has 0 aromatic heterocycles. The number of benzene rings is 1. The largest absolute Gasteiger partial charge is 0.508 e. The van der Waals surface area contributed by atoms with Crippen molar-refractivity contribution >= 4 is 0 Å². The summed E-state index contributed by atoms with van der Waals surface area (Å²) in [5.41, 5.74) is 2.16. The highest BCUT2D eigenvalue weighted by atomic mass is 16.5. The third-order valence-corrected chi connectivity index (χ3v) is 3.85. The van der Waals surface area contributed by atoms with Crippen LogP contribution in [0, 0.1) is 6.92 Å². The van der Waals surface area contributed by atoms with Crippen LogP contribution < -0.4 is 5.32 Å². The molecule has 1 unspecified atom stereocenters. The Kier molecular flexibility index (Phi) is 5.83. The van der Waals surface area contributed by atoms with Crippen molar-refractivity contribution in [1.29, 1.82) is 0 Å². The lowest BCUT2D eigenvalue weighted by molar-refractivity contribution is 0.0374. The van der Waals surface area contributed by atoms with E-state index in [4.69, 9.17) is 4.74 Å². The molecule has 20 heavy (non-hydrogen) atoms. The van der Waals surface area contributed by atoms with Crippen molar-refractivity contribution < 1.29 is 9.84 Å². The molecule has 0 aliphatic carbocycles. The van der Waals surface area contributed by atoms with Crippen molar-refractivity contribution in [3.8, 4) is 5.75 Å². The van der Waals surface area contributed by atoms with Gasteiger partial charge in [0, 0.05) is 24.7 Å². The van der Waals surface area contributed by atoms with E-state index >= 15 is 0 Å². The predicted molar refractivity (Wildman–Crippen MR) is 81.1 cm³/mol. The van der Waals surface area contributed by atoms with E-state index in [1.54, 1.807) is 6.07 Å². The van der Waals surface area contributed by atoms with Gasteiger partial charge in [0.05, 0.1) is 13.2 Å². The second kappa shape index (κ2) is 7.62. The van der Waals surface area contributed by atoms with E-state index in [-0.39, 0.29) is 6.04 Å². The average Bonchev–Trinajstić information content (AvgIpc) is 2.47. The van der Waals surface area contributed by atoms with Crippen LogP contribution in [-0.4, -0.2) is 49.4 Å². The Labute approximate surface area is 121 Å².